The molecule has 0 unspecified atom stereocenters. The van der Waals surface area contributed by atoms with Gasteiger partial charge in [-0.1, -0.05) is 11.8 Å². The highest BCUT2D eigenvalue weighted by atomic mass is 32.2. The Morgan fingerprint density at radius 3 is 2.42 bits per heavy atom. The van der Waals surface area contributed by atoms with Crippen molar-refractivity contribution in [3.8, 4) is 0 Å². The molecule has 1 fully saturated rings. The monoisotopic (exact) mass is 443 g/mol. The zero-order valence-corrected chi connectivity index (χ0v) is 17.9. The lowest BCUT2D eigenvalue weighted by atomic mass is 10.2. The van der Waals surface area contributed by atoms with Gasteiger partial charge in [0.2, 0.25) is 11.8 Å². The number of thioether (sulfide) groups is 1. The van der Waals surface area contributed by atoms with Crippen LogP contribution in [0.3, 0.4) is 0 Å². The van der Waals surface area contributed by atoms with Gasteiger partial charge in [0.15, 0.2) is 5.17 Å². The van der Waals surface area contributed by atoms with E-state index < -0.39 is 11.2 Å². The summed E-state index contributed by atoms with van der Waals surface area (Å²) in [5.41, 5.74) is 1.43. The summed E-state index contributed by atoms with van der Waals surface area (Å²) in [6.07, 6.45) is -0.0257. The maximum absolute atomic E-state index is 13.1. The molecular weight excluding hydrogens is 421 g/mol. The fraction of sp³-hybridized carbons (Fsp3) is 0.273. The maximum Gasteiger partial charge on any atom is 0.338 e. The second kappa shape index (κ2) is 10.2. The van der Waals surface area contributed by atoms with E-state index in [0.29, 0.717) is 28.7 Å². The van der Waals surface area contributed by atoms with Crippen molar-refractivity contribution in [2.24, 2.45) is 4.99 Å². The van der Waals surface area contributed by atoms with E-state index >= 15 is 0 Å². The van der Waals surface area contributed by atoms with Crippen LogP contribution in [-0.4, -0.2) is 46.3 Å². The van der Waals surface area contributed by atoms with Crippen LogP contribution in [0.1, 0.15) is 30.6 Å². The Kier molecular flexibility index (Phi) is 7.41. The molecule has 1 aliphatic rings. The maximum atomic E-state index is 13.1. The molecular formula is C22H22FN3O4S. The summed E-state index contributed by atoms with van der Waals surface area (Å²) in [4.78, 5) is 42.8. The highest BCUT2D eigenvalue weighted by Crippen LogP contribution is 2.31. The van der Waals surface area contributed by atoms with Crippen LogP contribution in [0.25, 0.3) is 0 Å². The van der Waals surface area contributed by atoms with Crippen LogP contribution in [0.2, 0.25) is 0 Å². The summed E-state index contributed by atoms with van der Waals surface area (Å²) >= 11 is 1.21. The van der Waals surface area contributed by atoms with E-state index in [4.69, 9.17) is 4.74 Å². The van der Waals surface area contributed by atoms with Crippen LogP contribution < -0.4 is 5.32 Å². The Hall–Kier alpha value is -3.20. The van der Waals surface area contributed by atoms with Gasteiger partial charge in [0, 0.05) is 18.7 Å². The standard InChI is InChI=1S/C22H22FN3O4S/c1-3-26-20(28)18(31-22(26)25-17-11-7-15(23)8-12-17)13-19(27)24-16-9-5-14(6-10-16)21(29)30-4-2/h5-12,18H,3-4,13H2,1-2H3,(H,24,27)/t18-/m0/s1. The first-order chi connectivity index (χ1) is 14.9. The van der Waals surface area contributed by atoms with Crippen LogP contribution >= 0.6 is 11.8 Å². The second-order valence-corrected chi connectivity index (χ2v) is 7.78. The van der Waals surface area contributed by atoms with Gasteiger partial charge in [-0.2, -0.15) is 0 Å². The fourth-order valence-corrected chi connectivity index (χ4v) is 4.15. The van der Waals surface area contributed by atoms with Gasteiger partial charge in [0.25, 0.3) is 0 Å². The minimum Gasteiger partial charge on any atom is -0.462 e. The molecule has 0 saturated carbocycles. The van der Waals surface area contributed by atoms with E-state index in [2.05, 4.69) is 10.3 Å². The number of hydrogen-bond donors (Lipinski definition) is 1. The molecule has 1 atom stereocenters. The first-order valence-electron chi connectivity index (χ1n) is 9.80. The molecule has 0 aromatic heterocycles. The van der Waals surface area contributed by atoms with Gasteiger partial charge < -0.3 is 10.1 Å². The summed E-state index contributed by atoms with van der Waals surface area (Å²) in [6, 6.07) is 12.0. The van der Waals surface area contributed by atoms with Crippen LogP contribution in [0, 0.1) is 5.82 Å². The van der Waals surface area contributed by atoms with Crippen molar-refractivity contribution in [2.45, 2.75) is 25.5 Å². The molecule has 1 aliphatic heterocycles. The lowest BCUT2D eigenvalue weighted by Gasteiger charge is -2.13. The zero-order valence-electron chi connectivity index (χ0n) is 17.1. The average molecular weight is 444 g/mol. The van der Waals surface area contributed by atoms with E-state index in [0.717, 1.165) is 0 Å². The number of carbonyl (C=O) groups excluding carboxylic acids is 3. The molecule has 3 rings (SSSR count). The summed E-state index contributed by atoms with van der Waals surface area (Å²) in [6.45, 7) is 4.25. The quantitative estimate of drug-likeness (QED) is 0.654. The first-order valence-corrected chi connectivity index (χ1v) is 10.7. The highest BCUT2D eigenvalue weighted by molar-refractivity contribution is 8.15. The Morgan fingerprint density at radius 1 is 1.13 bits per heavy atom. The van der Waals surface area contributed by atoms with E-state index in [1.54, 1.807) is 31.2 Å². The summed E-state index contributed by atoms with van der Waals surface area (Å²) in [5.74, 6) is -1.31. The number of ether oxygens (including phenoxy) is 1. The van der Waals surface area contributed by atoms with Crippen molar-refractivity contribution < 1.29 is 23.5 Å². The van der Waals surface area contributed by atoms with Crippen molar-refractivity contribution in [3.63, 3.8) is 0 Å². The van der Waals surface area contributed by atoms with Gasteiger partial charge in [0.1, 0.15) is 11.1 Å². The van der Waals surface area contributed by atoms with Crippen LogP contribution in [0.5, 0.6) is 0 Å². The van der Waals surface area contributed by atoms with Gasteiger partial charge >= 0.3 is 5.97 Å². The lowest BCUT2D eigenvalue weighted by Crippen LogP contribution is -2.33. The number of halogens is 1. The molecule has 9 heteroatoms. The molecule has 0 radical (unpaired) electrons. The van der Waals surface area contributed by atoms with Crippen molar-refractivity contribution >= 4 is 46.1 Å². The molecule has 2 aromatic rings. The van der Waals surface area contributed by atoms with Crippen molar-refractivity contribution in [3.05, 3.63) is 59.9 Å². The number of nitrogens with one attached hydrogen (secondary N) is 1. The van der Waals surface area contributed by atoms with Gasteiger partial charge in [0.05, 0.1) is 17.9 Å². The predicted octanol–water partition coefficient (Wildman–Crippen LogP) is 3.98. The van der Waals surface area contributed by atoms with Gasteiger partial charge in [-0.3, -0.25) is 14.5 Å². The number of hydrogen-bond acceptors (Lipinski definition) is 6. The molecule has 7 nitrogen and oxygen atoms in total. The third kappa shape index (κ3) is 5.69. The molecule has 1 saturated heterocycles. The Balaban J connectivity index is 1.63. The normalized spacial score (nSPS) is 17.1. The Bertz CT molecular complexity index is 993. The number of aliphatic imine (C=N–C) groups is 1. The smallest absolute Gasteiger partial charge is 0.338 e. The minimum absolute atomic E-state index is 0.0257. The van der Waals surface area contributed by atoms with E-state index in [9.17, 15) is 18.8 Å². The third-order valence-corrected chi connectivity index (χ3v) is 5.61. The number of nitrogens with zero attached hydrogens (tertiary/aromatic N) is 2. The molecule has 1 N–H and O–H groups in total. The van der Waals surface area contributed by atoms with E-state index in [-0.39, 0.29) is 30.7 Å². The lowest BCUT2D eigenvalue weighted by molar-refractivity contribution is -0.128. The predicted molar refractivity (Wildman–Crippen MR) is 118 cm³/mol. The largest absolute Gasteiger partial charge is 0.462 e. The summed E-state index contributed by atoms with van der Waals surface area (Å²) < 4.78 is 18.0. The average Bonchev–Trinajstić information content (AvgIpc) is 3.04. The van der Waals surface area contributed by atoms with Crippen LogP contribution in [-0.2, 0) is 14.3 Å². The molecule has 0 bridgehead atoms. The first kappa shape index (κ1) is 22.5. The number of anilines is 1. The molecule has 2 amide bonds. The zero-order chi connectivity index (χ0) is 22.4. The molecule has 162 valence electrons. The van der Waals surface area contributed by atoms with Crippen LogP contribution in [0.4, 0.5) is 15.8 Å². The molecule has 2 aromatic carbocycles. The number of benzene rings is 2. The van der Waals surface area contributed by atoms with Crippen molar-refractivity contribution in [2.75, 3.05) is 18.5 Å². The SMILES string of the molecule is CCOC(=O)c1ccc(NC(=O)C[C@@H]2SC(=Nc3ccc(F)cc3)N(CC)C2=O)cc1. The number of rotatable bonds is 7. The summed E-state index contributed by atoms with van der Waals surface area (Å²) in [7, 11) is 0. The van der Waals surface area contributed by atoms with Crippen LogP contribution in [0.15, 0.2) is 53.5 Å². The topological polar surface area (TPSA) is 88.1 Å². The van der Waals surface area contributed by atoms with E-state index in [1.165, 1.54) is 40.9 Å². The molecule has 31 heavy (non-hydrogen) atoms. The van der Waals surface area contributed by atoms with Gasteiger partial charge in [-0.05, 0) is 62.4 Å². The molecule has 1 heterocycles. The Labute approximate surface area is 183 Å². The fourth-order valence-electron chi connectivity index (χ4n) is 2.93. The van der Waals surface area contributed by atoms with Crippen molar-refractivity contribution in [1.82, 2.24) is 4.90 Å². The number of amidine groups is 1. The highest BCUT2D eigenvalue weighted by Gasteiger charge is 2.38. The third-order valence-electron chi connectivity index (χ3n) is 4.44. The summed E-state index contributed by atoms with van der Waals surface area (Å²) in [5, 5.41) is 2.62. The van der Waals surface area contributed by atoms with Crippen molar-refractivity contribution in [1.29, 1.82) is 0 Å². The Morgan fingerprint density at radius 2 is 1.81 bits per heavy atom. The van der Waals surface area contributed by atoms with Gasteiger partial charge in [-0.25, -0.2) is 14.2 Å². The number of amides is 2. The number of esters is 1. The number of carbonyl (C=O) groups is 3. The molecule has 0 spiro atoms. The van der Waals surface area contributed by atoms with Gasteiger partial charge in [-0.15, -0.1) is 0 Å². The van der Waals surface area contributed by atoms with E-state index in [1.807, 2.05) is 6.92 Å². The minimum atomic E-state index is -0.599. The second-order valence-electron chi connectivity index (χ2n) is 6.61. The molecule has 0 aliphatic carbocycles.